The van der Waals surface area contributed by atoms with Gasteiger partial charge in [0.15, 0.2) is 6.61 Å². The third-order valence-corrected chi connectivity index (χ3v) is 5.26. The van der Waals surface area contributed by atoms with Crippen LogP contribution in [0.25, 0.3) is 5.69 Å². The van der Waals surface area contributed by atoms with Crippen molar-refractivity contribution >= 4 is 34.8 Å². The highest BCUT2D eigenvalue weighted by molar-refractivity contribution is 7.16. The molecule has 0 aliphatic carbocycles. The second kappa shape index (κ2) is 8.88. The summed E-state index contributed by atoms with van der Waals surface area (Å²) in [5.41, 5.74) is 1.35. The normalized spacial score (nSPS) is 10.6. The van der Waals surface area contributed by atoms with Crippen LogP contribution in [0, 0.1) is 0 Å². The highest BCUT2D eigenvalue weighted by atomic mass is 35.5. The largest absolute Gasteiger partial charge is 0.452 e. The van der Waals surface area contributed by atoms with Crippen LogP contribution in [0.4, 0.5) is 0 Å². The fraction of sp³-hybridized carbons (Fsp3) is 0.200. The fourth-order valence-corrected chi connectivity index (χ4v) is 3.68. The molecule has 7 heteroatoms. The lowest BCUT2D eigenvalue weighted by Crippen LogP contribution is -2.33. The van der Waals surface area contributed by atoms with Gasteiger partial charge in [0.1, 0.15) is 0 Å². The van der Waals surface area contributed by atoms with Crippen molar-refractivity contribution in [1.29, 1.82) is 0 Å². The van der Waals surface area contributed by atoms with Crippen LogP contribution in [-0.2, 0) is 16.1 Å². The third-order valence-electron chi connectivity index (χ3n) is 4.04. The Morgan fingerprint density at radius 3 is 2.41 bits per heavy atom. The molecule has 0 radical (unpaired) electrons. The van der Waals surface area contributed by atoms with Crippen LogP contribution in [-0.4, -0.2) is 34.5 Å². The molecule has 0 aliphatic rings. The molecular formula is C20H19ClN2O3S. The molecule has 5 nitrogen and oxygen atoms in total. The van der Waals surface area contributed by atoms with Crippen LogP contribution in [0.3, 0.4) is 0 Å². The minimum absolute atomic E-state index is 0.237. The minimum atomic E-state index is -0.516. The fourth-order valence-electron chi connectivity index (χ4n) is 2.58. The van der Waals surface area contributed by atoms with Crippen LogP contribution in [0.1, 0.15) is 22.2 Å². The van der Waals surface area contributed by atoms with Gasteiger partial charge < -0.3 is 14.2 Å². The van der Waals surface area contributed by atoms with Crippen LogP contribution < -0.4 is 0 Å². The molecule has 3 rings (SSSR count). The Bertz CT molecular complexity index is 904. The second-order valence-electron chi connectivity index (χ2n) is 5.83. The van der Waals surface area contributed by atoms with Gasteiger partial charge in [0.25, 0.3) is 5.91 Å². The molecule has 1 aromatic carbocycles. The maximum absolute atomic E-state index is 12.3. The predicted molar refractivity (Wildman–Crippen MR) is 106 cm³/mol. The molecule has 0 atom stereocenters. The first-order chi connectivity index (χ1) is 13.1. The molecule has 0 unspecified atom stereocenters. The lowest BCUT2D eigenvalue weighted by Gasteiger charge is -2.20. The maximum atomic E-state index is 12.3. The van der Waals surface area contributed by atoms with E-state index in [2.05, 4.69) is 0 Å². The van der Waals surface area contributed by atoms with Crippen molar-refractivity contribution in [1.82, 2.24) is 9.47 Å². The summed E-state index contributed by atoms with van der Waals surface area (Å²) in [7, 11) is 0. The van der Waals surface area contributed by atoms with Crippen LogP contribution >= 0.6 is 22.9 Å². The summed E-state index contributed by atoms with van der Waals surface area (Å²) in [5.74, 6) is -0.753. The number of rotatable bonds is 7. The summed E-state index contributed by atoms with van der Waals surface area (Å²) in [4.78, 5) is 27.2. The van der Waals surface area contributed by atoms with Gasteiger partial charge in [-0.05, 0) is 55.5 Å². The van der Waals surface area contributed by atoms with Gasteiger partial charge in [-0.15, -0.1) is 11.3 Å². The molecule has 0 spiro atoms. The van der Waals surface area contributed by atoms with Crippen molar-refractivity contribution in [2.45, 2.75) is 13.5 Å². The predicted octanol–water partition coefficient (Wildman–Crippen LogP) is 4.40. The van der Waals surface area contributed by atoms with E-state index in [0.29, 0.717) is 23.0 Å². The number of halogens is 1. The van der Waals surface area contributed by atoms with E-state index in [1.165, 1.54) is 11.3 Å². The zero-order chi connectivity index (χ0) is 19.2. The smallest absolute Gasteiger partial charge is 0.338 e. The molecule has 0 aliphatic heterocycles. The molecule has 1 amide bonds. The van der Waals surface area contributed by atoms with E-state index >= 15 is 0 Å². The first-order valence-corrected chi connectivity index (χ1v) is 9.69. The molecule has 140 valence electrons. The van der Waals surface area contributed by atoms with Crippen molar-refractivity contribution in [2.75, 3.05) is 13.2 Å². The SMILES string of the molecule is CCN(Cc1ccc(Cl)s1)C(=O)COC(=O)c1ccc(-n2cccc2)cc1. The number of carbonyl (C=O) groups excluding carboxylic acids is 2. The van der Waals surface area contributed by atoms with Crippen molar-refractivity contribution in [3.05, 3.63) is 75.7 Å². The minimum Gasteiger partial charge on any atom is -0.452 e. The first-order valence-electron chi connectivity index (χ1n) is 8.49. The van der Waals surface area contributed by atoms with E-state index < -0.39 is 5.97 Å². The molecule has 0 bridgehead atoms. The number of ether oxygens (including phenoxy) is 1. The van der Waals surface area contributed by atoms with E-state index in [1.54, 1.807) is 23.1 Å². The average Bonchev–Trinajstić information content (AvgIpc) is 3.36. The van der Waals surface area contributed by atoms with E-state index in [-0.39, 0.29) is 12.5 Å². The first kappa shape index (κ1) is 19.2. The van der Waals surface area contributed by atoms with Gasteiger partial charge in [-0.25, -0.2) is 4.79 Å². The van der Waals surface area contributed by atoms with Gasteiger partial charge in [0, 0.05) is 29.5 Å². The van der Waals surface area contributed by atoms with Gasteiger partial charge in [-0.3, -0.25) is 4.79 Å². The quantitative estimate of drug-likeness (QED) is 0.550. The van der Waals surface area contributed by atoms with Gasteiger partial charge >= 0.3 is 5.97 Å². The Labute approximate surface area is 166 Å². The lowest BCUT2D eigenvalue weighted by atomic mass is 10.2. The molecule has 2 aromatic heterocycles. The summed E-state index contributed by atoms with van der Waals surface area (Å²) in [6.45, 7) is 2.58. The Balaban J connectivity index is 1.55. The van der Waals surface area contributed by atoms with Crippen molar-refractivity contribution < 1.29 is 14.3 Å². The number of amides is 1. The van der Waals surface area contributed by atoms with Gasteiger partial charge in [-0.2, -0.15) is 0 Å². The second-order valence-corrected chi connectivity index (χ2v) is 7.63. The Hall–Kier alpha value is -2.57. The van der Waals surface area contributed by atoms with E-state index in [0.717, 1.165) is 10.6 Å². The summed E-state index contributed by atoms with van der Waals surface area (Å²) < 4.78 is 7.81. The molecule has 2 heterocycles. The zero-order valence-electron chi connectivity index (χ0n) is 14.8. The topological polar surface area (TPSA) is 51.5 Å². The van der Waals surface area contributed by atoms with E-state index in [1.807, 2.05) is 54.2 Å². The number of esters is 1. The van der Waals surface area contributed by atoms with Crippen molar-refractivity contribution in [3.8, 4) is 5.69 Å². The molecule has 0 saturated carbocycles. The highest BCUT2D eigenvalue weighted by Gasteiger charge is 2.16. The number of hydrogen-bond acceptors (Lipinski definition) is 4. The number of hydrogen-bond donors (Lipinski definition) is 0. The molecule has 0 fully saturated rings. The average molecular weight is 403 g/mol. The van der Waals surface area contributed by atoms with Gasteiger partial charge in [0.2, 0.25) is 0 Å². The standard InChI is InChI=1S/C20H19ClN2O3S/c1-2-22(13-17-9-10-18(21)27-17)19(24)14-26-20(25)15-5-7-16(8-6-15)23-11-3-4-12-23/h3-12H,2,13-14H2,1H3. The third kappa shape index (κ3) is 4.99. The van der Waals surface area contributed by atoms with Crippen molar-refractivity contribution in [2.24, 2.45) is 0 Å². The van der Waals surface area contributed by atoms with Crippen LogP contribution in [0.5, 0.6) is 0 Å². The highest BCUT2D eigenvalue weighted by Crippen LogP contribution is 2.22. The molecule has 27 heavy (non-hydrogen) atoms. The summed E-state index contributed by atoms with van der Waals surface area (Å²) in [6.07, 6.45) is 3.85. The number of benzene rings is 1. The Morgan fingerprint density at radius 2 is 1.81 bits per heavy atom. The zero-order valence-corrected chi connectivity index (χ0v) is 16.4. The van der Waals surface area contributed by atoms with Gasteiger partial charge in [0.05, 0.1) is 16.4 Å². The van der Waals surface area contributed by atoms with Crippen LogP contribution in [0.15, 0.2) is 60.9 Å². The number of aromatic nitrogens is 1. The Kier molecular flexibility index (Phi) is 6.32. The van der Waals surface area contributed by atoms with Gasteiger partial charge in [-0.1, -0.05) is 11.6 Å². The number of nitrogens with zero attached hydrogens (tertiary/aromatic N) is 2. The molecular weight excluding hydrogens is 384 g/mol. The maximum Gasteiger partial charge on any atom is 0.338 e. The Morgan fingerprint density at radius 1 is 1.11 bits per heavy atom. The van der Waals surface area contributed by atoms with Crippen LogP contribution in [0.2, 0.25) is 4.34 Å². The molecule has 0 N–H and O–H groups in total. The monoisotopic (exact) mass is 402 g/mol. The summed E-state index contributed by atoms with van der Waals surface area (Å²) in [5, 5.41) is 0. The summed E-state index contributed by atoms with van der Waals surface area (Å²) >= 11 is 7.36. The summed E-state index contributed by atoms with van der Waals surface area (Å²) in [6, 6.07) is 14.6. The number of carbonyl (C=O) groups is 2. The number of likely N-dealkylation sites (N-methyl/N-ethyl adjacent to an activating group) is 1. The lowest BCUT2D eigenvalue weighted by molar-refractivity contribution is -0.134. The molecule has 0 saturated heterocycles. The number of thiophene rings is 1. The molecule has 3 aromatic rings. The van der Waals surface area contributed by atoms with E-state index in [4.69, 9.17) is 16.3 Å². The van der Waals surface area contributed by atoms with Crippen molar-refractivity contribution in [3.63, 3.8) is 0 Å². The van der Waals surface area contributed by atoms with E-state index in [9.17, 15) is 9.59 Å².